The van der Waals surface area contributed by atoms with Crippen molar-refractivity contribution in [1.29, 1.82) is 0 Å². The van der Waals surface area contributed by atoms with Gasteiger partial charge in [-0.05, 0) is 55.0 Å². The van der Waals surface area contributed by atoms with Crippen LogP contribution >= 0.6 is 0 Å². The maximum absolute atomic E-state index is 13.2. The molecule has 0 atom stereocenters. The van der Waals surface area contributed by atoms with E-state index in [0.717, 1.165) is 5.56 Å². The number of ketones is 1. The molecule has 37 heavy (non-hydrogen) atoms. The van der Waals surface area contributed by atoms with Crippen molar-refractivity contribution in [2.45, 2.75) is 26.9 Å². The number of benzene rings is 3. The van der Waals surface area contributed by atoms with Crippen molar-refractivity contribution in [1.82, 2.24) is 0 Å². The number of aryl methyl sites for hydroxylation is 1. The Morgan fingerprint density at radius 1 is 0.973 bits per heavy atom. The van der Waals surface area contributed by atoms with Crippen molar-refractivity contribution in [3.05, 3.63) is 87.3 Å². The van der Waals surface area contributed by atoms with Crippen molar-refractivity contribution < 1.29 is 33.3 Å². The third kappa shape index (κ3) is 5.24. The predicted molar refractivity (Wildman–Crippen MR) is 137 cm³/mol. The first kappa shape index (κ1) is 25.7. The van der Waals surface area contributed by atoms with E-state index < -0.39 is 11.6 Å². The standard InChI is InChI=1S/C29H26O8/c1-16-27-20(11-22(15-30)28(16)36-17(2)31)10-21(29(33)37-27)14-25(32)19-8-9-26(35-4)24(13-19)18-6-5-7-23(12-18)34-3/h5-13,30H,14-15H2,1-4H3. The van der Waals surface area contributed by atoms with Gasteiger partial charge in [0.25, 0.3) is 0 Å². The van der Waals surface area contributed by atoms with E-state index in [4.69, 9.17) is 18.6 Å². The second kappa shape index (κ2) is 10.7. The maximum Gasteiger partial charge on any atom is 0.339 e. The summed E-state index contributed by atoms with van der Waals surface area (Å²) in [5, 5.41) is 10.3. The molecule has 0 aliphatic rings. The molecule has 0 aliphatic carbocycles. The van der Waals surface area contributed by atoms with Crippen molar-refractivity contribution in [3.8, 4) is 28.4 Å². The number of methoxy groups -OCH3 is 2. The monoisotopic (exact) mass is 502 g/mol. The molecule has 190 valence electrons. The lowest BCUT2D eigenvalue weighted by Gasteiger charge is -2.13. The van der Waals surface area contributed by atoms with E-state index in [1.807, 2.05) is 24.3 Å². The summed E-state index contributed by atoms with van der Waals surface area (Å²) in [7, 11) is 3.13. The fraction of sp³-hybridized carbons (Fsp3) is 0.207. The van der Waals surface area contributed by atoms with E-state index in [-0.39, 0.29) is 35.7 Å². The number of aliphatic hydroxyl groups excluding tert-OH is 1. The highest BCUT2D eigenvalue weighted by Gasteiger charge is 2.19. The highest BCUT2D eigenvalue weighted by molar-refractivity contribution is 5.99. The number of rotatable bonds is 8. The third-order valence-corrected chi connectivity index (χ3v) is 6.02. The van der Waals surface area contributed by atoms with E-state index in [1.54, 1.807) is 51.5 Å². The molecule has 4 rings (SSSR count). The Morgan fingerprint density at radius 2 is 1.73 bits per heavy atom. The average molecular weight is 503 g/mol. The largest absolute Gasteiger partial charge is 0.497 e. The molecule has 3 aromatic carbocycles. The fourth-order valence-electron chi connectivity index (χ4n) is 4.23. The lowest BCUT2D eigenvalue weighted by molar-refractivity contribution is -0.132. The van der Waals surface area contributed by atoms with Crippen molar-refractivity contribution in [2.24, 2.45) is 0 Å². The van der Waals surface area contributed by atoms with Gasteiger partial charge >= 0.3 is 11.6 Å². The zero-order chi connectivity index (χ0) is 26.7. The minimum absolute atomic E-state index is 0.151. The van der Waals surface area contributed by atoms with E-state index >= 15 is 0 Å². The van der Waals surface area contributed by atoms with Gasteiger partial charge in [0.2, 0.25) is 0 Å². The molecule has 0 radical (unpaired) electrons. The molecule has 0 spiro atoms. The molecule has 1 heterocycles. The van der Waals surface area contributed by atoms with Gasteiger partial charge in [-0.15, -0.1) is 0 Å². The molecule has 1 aromatic heterocycles. The van der Waals surface area contributed by atoms with Gasteiger partial charge < -0.3 is 23.7 Å². The number of hydrogen-bond donors (Lipinski definition) is 1. The van der Waals surface area contributed by atoms with Gasteiger partial charge in [-0.2, -0.15) is 0 Å². The molecule has 0 unspecified atom stereocenters. The van der Waals surface area contributed by atoms with E-state index in [0.29, 0.717) is 39.1 Å². The number of carbonyl (C=O) groups excluding carboxylic acids is 2. The van der Waals surface area contributed by atoms with Gasteiger partial charge in [0.05, 0.1) is 20.8 Å². The zero-order valence-electron chi connectivity index (χ0n) is 20.9. The first-order valence-corrected chi connectivity index (χ1v) is 11.5. The fourth-order valence-corrected chi connectivity index (χ4v) is 4.23. The molecule has 4 aromatic rings. The summed E-state index contributed by atoms with van der Waals surface area (Å²) in [5.74, 6) is 0.562. The van der Waals surface area contributed by atoms with Crippen LogP contribution < -0.4 is 19.8 Å². The molecular formula is C29H26O8. The van der Waals surface area contributed by atoms with Gasteiger partial charge in [-0.3, -0.25) is 9.59 Å². The van der Waals surface area contributed by atoms with Crippen LogP contribution in [-0.4, -0.2) is 31.1 Å². The van der Waals surface area contributed by atoms with Crippen molar-refractivity contribution in [3.63, 3.8) is 0 Å². The summed E-state index contributed by atoms with van der Waals surface area (Å²) in [6.45, 7) is 2.49. The van der Waals surface area contributed by atoms with Crippen LogP contribution in [0.25, 0.3) is 22.1 Å². The van der Waals surface area contributed by atoms with Gasteiger partial charge in [0, 0.05) is 46.5 Å². The van der Waals surface area contributed by atoms with Gasteiger partial charge in [0.15, 0.2) is 5.78 Å². The van der Waals surface area contributed by atoms with Crippen molar-refractivity contribution in [2.75, 3.05) is 14.2 Å². The minimum atomic E-state index is -0.670. The zero-order valence-corrected chi connectivity index (χ0v) is 20.9. The Hall–Kier alpha value is -4.43. The minimum Gasteiger partial charge on any atom is -0.497 e. The summed E-state index contributed by atoms with van der Waals surface area (Å²) in [5.41, 5.74) is 2.41. The van der Waals surface area contributed by atoms with Crippen LogP contribution in [0.4, 0.5) is 0 Å². The maximum atomic E-state index is 13.2. The number of Topliss-reactive ketones (excluding diaryl/α,β-unsaturated/α-hetero) is 1. The summed E-state index contributed by atoms with van der Waals surface area (Å²) < 4.78 is 21.5. The highest BCUT2D eigenvalue weighted by atomic mass is 16.5. The summed E-state index contributed by atoms with van der Waals surface area (Å²) in [4.78, 5) is 37.5. The number of aliphatic hydroxyl groups is 1. The molecule has 0 aliphatic heterocycles. The summed E-state index contributed by atoms with van der Waals surface area (Å²) >= 11 is 0. The normalized spacial score (nSPS) is 10.8. The molecule has 0 saturated carbocycles. The van der Waals surface area contributed by atoms with Crippen LogP contribution in [0.2, 0.25) is 0 Å². The Kier molecular flexibility index (Phi) is 7.40. The molecule has 8 heteroatoms. The Bertz CT molecular complexity index is 1560. The topological polar surface area (TPSA) is 112 Å². The number of fused-ring (bicyclic) bond motifs is 1. The first-order chi connectivity index (χ1) is 17.7. The Labute approximate surface area is 213 Å². The molecule has 1 N–H and O–H groups in total. The van der Waals surface area contributed by atoms with E-state index in [2.05, 4.69) is 0 Å². The van der Waals surface area contributed by atoms with E-state index in [9.17, 15) is 19.5 Å². The van der Waals surface area contributed by atoms with Gasteiger partial charge in [-0.1, -0.05) is 12.1 Å². The summed E-state index contributed by atoms with van der Waals surface area (Å²) in [6, 6.07) is 15.6. The SMILES string of the molecule is COc1cccc(-c2cc(C(=O)Cc3cc4cc(CO)c(OC(C)=O)c(C)c4oc3=O)ccc2OC)c1. The number of esters is 1. The third-order valence-electron chi connectivity index (χ3n) is 6.02. The van der Waals surface area contributed by atoms with Crippen LogP contribution in [-0.2, 0) is 17.8 Å². The second-order valence-electron chi connectivity index (χ2n) is 8.47. The van der Waals surface area contributed by atoms with Crippen LogP contribution in [0.1, 0.15) is 34.0 Å². The van der Waals surface area contributed by atoms with Crippen molar-refractivity contribution >= 4 is 22.7 Å². The summed E-state index contributed by atoms with van der Waals surface area (Å²) in [6.07, 6.45) is -0.193. The molecule has 0 saturated heterocycles. The Morgan fingerprint density at radius 3 is 2.41 bits per heavy atom. The number of carbonyl (C=O) groups is 2. The Balaban J connectivity index is 1.72. The molecule has 8 nitrogen and oxygen atoms in total. The van der Waals surface area contributed by atoms with Crippen LogP contribution in [0.3, 0.4) is 0 Å². The van der Waals surface area contributed by atoms with E-state index in [1.165, 1.54) is 6.92 Å². The first-order valence-electron chi connectivity index (χ1n) is 11.5. The molecular weight excluding hydrogens is 476 g/mol. The highest BCUT2D eigenvalue weighted by Crippen LogP contribution is 2.34. The number of ether oxygens (including phenoxy) is 3. The van der Waals surface area contributed by atoms with Crippen LogP contribution in [0.15, 0.2) is 63.8 Å². The lowest BCUT2D eigenvalue weighted by Crippen LogP contribution is -2.14. The molecule has 0 amide bonds. The molecule has 0 fully saturated rings. The van der Waals surface area contributed by atoms with Gasteiger partial charge in [-0.25, -0.2) is 4.79 Å². The van der Waals surface area contributed by atoms with Crippen LogP contribution in [0, 0.1) is 6.92 Å². The average Bonchev–Trinajstić information content (AvgIpc) is 2.90. The smallest absolute Gasteiger partial charge is 0.339 e. The quantitative estimate of drug-likeness (QED) is 0.161. The van der Waals surface area contributed by atoms with Gasteiger partial charge in [0.1, 0.15) is 22.8 Å². The predicted octanol–water partition coefficient (Wildman–Crippen LogP) is 4.63. The lowest BCUT2D eigenvalue weighted by atomic mass is 9.97. The molecule has 0 bridgehead atoms. The van der Waals surface area contributed by atoms with Crippen LogP contribution in [0.5, 0.6) is 17.2 Å². The second-order valence-corrected chi connectivity index (χ2v) is 8.47. The number of hydrogen-bond acceptors (Lipinski definition) is 8.